The topological polar surface area (TPSA) is 86.9 Å². The molecule has 0 saturated heterocycles. The van der Waals surface area contributed by atoms with Gasteiger partial charge in [0.1, 0.15) is 0 Å². The number of nitrogens with zero attached hydrogens (tertiary/aromatic N) is 1. The molecule has 24 heavy (non-hydrogen) atoms. The van der Waals surface area contributed by atoms with Gasteiger partial charge in [-0.15, -0.1) is 0 Å². The molecule has 0 spiro atoms. The van der Waals surface area contributed by atoms with E-state index in [9.17, 15) is 9.59 Å². The molecule has 0 aliphatic rings. The van der Waals surface area contributed by atoms with Crippen LogP contribution in [0.1, 0.15) is 22.5 Å². The summed E-state index contributed by atoms with van der Waals surface area (Å²) < 4.78 is 0. The second kappa shape index (κ2) is 7.41. The van der Waals surface area contributed by atoms with Crippen LogP contribution < -0.4 is 10.6 Å². The van der Waals surface area contributed by atoms with Crippen molar-refractivity contribution in [3.63, 3.8) is 0 Å². The van der Waals surface area contributed by atoms with Gasteiger partial charge in [0, 0.05) is 30.7 Å². The number of hydrogen-bond donors (Lipinski definition) is 3. The number of H-pyrrole nitrogens is 1. The Hall–Kier alpha value is -3.15. The zero-order chi connectivity index (χ0) is 16.8. The van der Waals surface area contributed by atoms with Crippen LogP contribution in [0, 0.1) is 0 Å². The summed E-state index contributed by atoms with van der Waals surface area (Å²) in [5, 5.41) is 6.54. The number of amides is 2. The molecule has 0 unspecified atom stereocenters. The van der Waals surface area contributed by atoms with E-state index in [-0.39, 0.29) is 24.8 Å². The van der Waals surface area contributed by atoms with Gasteiger partial charge in [-0.25, -0.2) is 0 Å². The molecule has 3 rings (SSSR count). The van der Waals surface area contributed by atoms with E-state index in [1.165, 1.54) is 0 Å². The number of carbonyl (C=O) groups excluding carboxylic acids is 2. The molecule has 0 saturated carbocycles. The summed E-state index contributed by atoms with van der Waals surface area (Å²) in [7, 11) is 0. The largest absolute Gasteiger partial charge is 0.361 e. The van der Waals surface area contributed by atoms with E-state index in [1.54, 1.807) is 18.5 Å². The molecule has 6 nitrogen and oxygen atoms in total. The van der Waals surface area contributed by atoms with Crippen molar-refractivity contribution in [2.75, 3.05) is 6.54 Å². The molecular weight excluding hydrogens is 304 g/mol. The first-order chi connectivity index (χ1) is 11.7. The molecule has 0 aliphatic carbocycles. The van der Waals surface area contributed by atoms with Crippen molar-refractivity contribution in [3.8, 4) is 0 Å². The van der Waals surface area contributed by atoms with Crippen molar-refractivity contribution >= 4 is 22.7 Å². The van der Waals surface area contributed by atoms with E-state index >= 15 is 0 Å². The van der Waals surface area contributed by atoms with E-state index in [0.717, 1.165) is 16.6 Å². The van der Waals surface area contributed by atoms with E-state index in [0.29, 0.717) is 12.1 Å². The number of rotatable bonds is 6. The molecule has 3 N–H and O–H groups in total. The molecule has 1 aromatic carbocycles. The van der Waals surface area contributed by atoms with Gasteiger partial charge in [-0.3, -0.25) is 14.6 Å². The summed E-state index contributed by atoms with van der Waals surface area (Å²) in [5.74, 6) is -0.320. The molecule has 6 heteroatoms. The van der Waals surface area contributed by atoms with E-state index in [1.807, 2.05) is 36.4 Å². The van der Waals surface area contributed by atoms with Crippen molar-refractivity contribution < 1.29 is 9.59 Å². The molecule has 2 aromatic heterocycles. The van der Waals surface area contributed by atoms with Gasteiger partial charge >= 0.3 is 0 Å². The average molecular weight is 322 g/mol. The second-order valence-electron chi connectivity index (χ2n) is 5.35. The Morgan fingerprint density at radius 2 is 1.96 bits per heavy atom. The highest BCUT2D eigenvalue weighted by atomic mass is 16.2. The molecule has 2 heterocycles. The fourth-order valence-corrected chi connectivity index (χ4v) is 2.44. The summed E-state index contributed by atoms with van der Waals surface area (Å²) in [6.07, 6.45) is 3.70. The summed E-state index contributed by atoms with van der Waals surface area (Å²) in [5.41, 5.74) is 2.18. The highest BCUT2D eigenvalue weighted by Crippen LogP contribution is 2.16. The molecular formula is C18H18N4O2. The summed E-state index contributed by atoms with van der Waals surface area (Å²) in [6.45, 7) is 0.666. The van der Waals surface area contributed by atoms with Crippen LogP contribution in [0.4, 0.5) is 0 Å². The number of fused-ring (bicyclic) bond motifs is 1. The normalized spacial score (nSPS) is 10.5. The Morgan fingerprint density at radius 1 is 1.04 bits per heavy atom. The quantitative estimate of drug-likeness (QED) is 0.649. The van der Waals surface area contributed by atoms with Crippen molar-refractivity contribution in [1.82, 2.24) is 20.6 Å². The van der Waals surface area contributed by atoms with Crippen LogP contribution in [0.25, 0.3) is 10.9 Å². The lowest BCUT2D eigenvalue weighted by Crippen LogP contribution is -2.30. The average Bonchev–Trinajstić information content (AvgIpc) is 3.09. The summed E-state index contributed by atoms with van der Waals surface area (Å²) in [4.78, 5) is 31.2. The molecule has 122 valence electrons. The maximum absolute atomic E-state index is 12.2. The fourth-order valence-electron chi connectivity index (χ4n) is 2.44. The fraction of sp³-hybridized carbons (Fsp3) is 0.167. The lowest BCUT2D eigenvalue weighted by atomic mass is 10.1. The molecule has 0 fully saturated rings. The maximum atomic E-state index is 12.2. The van der Waals surface area contributed by atoms with Crippen molar-refractivity contribution in [3.05, 3.63) is 66.1 Å². The van der Waals surface area contributed by atoms with Gasteiger partial charge in [-0.05, 0) is 24.3 Å². The predicted molar refractivity (Wildman–Crippen MR) is 91.3 cm³/mol. The summed E-state index contributed by atoms with van der Waals surface area (Å²) in [6, 6.07) is 13.0. The van der Waals surface area contributed by atoms with Crippen LogP contribution >= 0.6 is 0 Å². The molecule has 2 amide bonds. The third kappa shape index (κ3) is 3.78. The SMILES string of the molecule is O=C(CCNC(=O)c1cccc2cc[nH]c12)NCc1ccccn1. The minimum absolute atomic E-state index is 0.126. The first-order valence-electron chi connectivity index (χ1n) is 7.75. The molecule has 0 atom stereocenters. The maximum Gasteiger partial charge on any atom is 0.253 e. The minimum atomic E-state index is -0.194. The lowest BCUT2D eigenvalue weighted by Gasteiger charge is -2.07. The van der Waals surface area contributed by atoms with Crippen LogP contribution in [0.3, 0.4) is 0 Å². The van der Waals surface area contributed by atoms with E-state index in [2.05, 4.69) is 20.6 Å². The molecule has 0 bridgehead atoms. The zero-order valence-electron chi connectivity index (χ0n) is 13.1. The standard InChI is InChI=1S/C18H18N4O2/c23-16(22-12-14-5-1-2-9-19-14)8-11-21-18(24)15-6-3-4-13-7-10-20-17(13)15/h1-7,9-10,20H,8,11-12H2,(H,21,24)(H,22,23). The van der Waals surface area contributed by atoms with Crippen molar-refractivity contribution in [2.45, 2.75) is 13.0 Å². The Bertz CT molecular complexity index is 842. The number of carbonyl (C=O) groups is 2. The van der Waals surface area contributed by atoms with Crippen LogP contribution in [0.5, 0.6) is 0 Å². The van der Waals surface area contributed by atoms with Crippen LogP contribution in [-0.2, 0) is 11.3 Å². The van der Waals surface area contributed by atoms with Gasteiger partial charge in [0.2, 0.25) is 5.91 Å². The van der Waals surface area contributed by atoms with Gasteiger partial charge in [0.05, 0.1) is 23.3 Å². The molecule has 0 radical (unpaired) electrons. The number of aromatic amines is 1. The Morgan fingerprint density at radius 3 is 2.79 bits per heavy atom. The van der Waals surface area contributed by atoms with Gasteiger partial charge in [-0.2, -0.15) is 0 Å². The molecule has 0 aliphatic heterocycles. The van der Waals surface area contributed by atoms with Gasteiger partial charge in [-0.1, -0.05) is 18.2 Å². The van der Waals surface area contributed by atoms with Crippen LogP contribution in [0.2, 0.25) is 0 Å². The second-order valence-corrected chi connectivity index (χ2v) is 5.35. The van der Waals surface area contributed by atoms with Gasteiger partial charge in [0.15, 0.2) is 0 Å². The number of hydrogen-bond acceptors (Lipinski definition) is 3. The van der Waals surface area contributed by atoms with Gasteiger partial charge in [0.25, 0.3) is 5.91 Å². The Balaban J connectivity index is 1.47. The van der Waals surface area contributed by atoms with Crippen LogP contribution in [-0.4, -0.2) is 28.3 Å². The first-order valence-corrected chi connectivity index (χ1v) is 7.75. The Kier molecular flexibility index (Phi) is 4.86. The van der Waals surface area contributed by atoms with E-state index < -0.39 is 0 Å². The molecule has 3 aromatic rings. The zero-order valence-corrected chi connectivity index (χ0v) is 13.1. The smallest absolute Gasteiger partial charge is 0.253 e. The lowest BCUT2D eigenvalue weighted by molar-refractivity contribution is -0.121. The highest BCUT2D eigenvalue weighted by Gasteiger charge is 2.10. The number of para-hydroxylation sites is 1. The third-order valence-electron chi connectivity index (χ3n) is 3.66. The van der Waals surface area contributed by atoms with Crippen molar-refractivity contribution in [2.24, 2.45) is 0 Å². The third-order valence-corrected chi connectivity index (χ3v) is 3.66. The minimum Gasteiger partial charge on any atom is -0.361 e. The van der Waals surface area contributed by atoms with Crippen molar-refractivity contribution in [1.29, 1.82) is 0 Å². The first kappa shape index (κ1) is 15.7. The Labute approximate surface area is 139 Å². The van der Waals surface area contributed by atoms with E-state index in [4.69, 9.17) is 0 Å². The summed E-state index contributed by atoms with van der Waals surface area (Å²) >= 11 is 0. The number of nitrogens with one attached hydrogen (secondary N) is 3. The monoisotopic (exact) mass is 322 g/mol. The number of pyridine rings is 1. The van der Waals surface area contributed by atoms with Gasteiger partial charge < -0.3 is 15.6 Å². The number of benzene rings is 1. The number of aromatic nitrogens is 2. The van der Waals surface area contributed by atoms with Crippen LogP contribution in [0.15, 0.2) is 54.9 Å². The highest BCUT2D eigenvalue weighted by molar-refractivity contribution is 6.05. The predicted octanol–water partition coefficient (Wildman–Crippen LogP) is 2.00.